The summed E-state index contributed by atoms with van der Waals surface area (Å²) in [6, 6.07) is 0. The van der Waals surface area contributed by atoms with Crippen LogP contribution in [0, 0.1) is 0 Å². The maximum atomic E-state index is 9.70. The molecule has 0 bridgehead atoms. The molecule has 8 heavy (non-hydrogen) atoms. The first-order valence-corrected chi connectivity index (χ1v) is 2.13. The third-order valence-corrected chi connectivity index (χ3v) is 0.504. The zero-order valence-electron chi connectivity index (χ0n) is 4.26. The van der Waals surface area contributed by atoms with Gasteiger partial charge in [0.15, 0.2) is 0 Å². The Labute approximate surface area is 46.5 Å². The molecule has 0 aromatic heterocycles. The van der Waals surface area contributed by atoms with Crippen molar-refractivity contribution in [3.63, 3.8) is 0 Å². The summed E-state index contributed by atoms with van der Waals surface area (Å²) in [5.74, 6) is -0.952. The summed E-state index contributed by atoms with van der Waals surface area (Å²) in [4.78, 5) is 19.2. The summed E-state index contributed by atoms with van der Waals surface area (Å²) in [7, 11) is 0. The van der Waals surface area contributed by atoms with Crippen molar-refractivity contribution in [1.29, 1.82) is 0 Å². The van der Waals surface area contributed by atoms with Crippen LogP contribution in [0.15, 0.2) is 0 Å². The highest BCUT2D eigenvalue weighted by molar-refractivity contribution is 5.69. The molecule has 0 atom stereocenters. The van der Waals surface area contributed by atoms with Gasteiger partial charge in [0, 0.05) is 0 Å². The van der Waals surface area contributed by atoms with Crippen molar-refractivity contribution in [3.05, 3.63) is 0 Å². The number of hydrogen-bond acceptors (Lipinski definition) is 3. The van der Waals surface area contributed by atoms with E-state index < -0.39 is 5.97 Å². The second kappa shape index (κ2) is 4.26. The molecule has 0 aliphatic rings. The van der Waals surface area contributed by atoms with Gasteiger partial charge in [0.1, 0.15) is 6.29 Å². The molecule has 4 nitrogen and oxygen atoms in total. The van der Waals surface area contributed by atoms with Crippen molar-refractivity contribution in [2.24, 2.45) is 0 Å². The molecule has 0 rings (SSSR count). The van der Waals surface area contributed by atoms with Gasteiger partial charge in [-0.2, -0.15) is 0 Å². The molecule has 0 radical (unpaired) electrons. The van der Waals surface area contributed by atoms with Crippen molar-refractivity contribution >= 4 is 12.3 Å². The van der Waals surface area contributed by atoms with E-state index in [4.69, 9.17) is 5.11 Å². The lowest BCUT2D eigenvalue weighted by atomic mass is 10.6. The van der Waals surface area contributed by atoms with E-state index in [1.165, 1.54) is 0 Å². The van der Waals surface area contributed by atoms with Crippen LogP contribution in [0.1, 0.15) is 0 Å². The number of hydrogen-bond donors (Lipinski definition) is 2. The largest absolute Gasteiger partial charge is 0.480 e. The summed E-state index contributed by atoms with van der Waals surface area (Å²) in [5, 5.41) is 10.3. The van der Waals surface area contributed by atoms with Crippen molar-refractivity contribution in [2.75, 3.05) is 13.1 Å². The quantitative estimate of drug-likeness (QED) is 0.361. The van der Waals surface area contributed by atoms with Crippen LogP contribution in [-0.2, 0) is 9.59 Å². The van der Waals surface area contributed by atoms with E-state index in [2.05, 4.69) is 5.32 Å². The van der Waals surface area contributed by atoms with Gasteiger partial charge in [-0.15, -0.1) is 0 Å². The Kier molecular flexibility index (Phi) is 3.78. The second-order valence-corrected chi connectivity index (χ2v) is 1.19. The Hall–Kier alpha value is -0.900. The van der Waals surface area contributed by atoms with Crippen LogP contribution in [0.4, 0.5) is 0 Å². The number of carbonyl (C=O) groups is 2. The van der Waals surface area contributed by atoms with E-state index in [0.29, 0.717) is 6.29 Å². The van der Waals surface area contributed by atoms with Crippen LogP contribution in [0.25, 0.3) is 0 Å². The van der Waals surface area contributed by atoms with Gasteiger partial charge in [0.05, 0.1) is 13.1 Å². The molecule has 0 heterocycles. The molecule has 0 aliphatic carbocycles. The molecule has 0 amide bonds. The predicted molar refractivity (Wildman–Crippen MR) is 26.6 cm³/mol. The van der Waals surface area contributed by atoms with Crippen LogP contribution in [0.5, 0.6) is 0 Å². The standard InChI is InChI=1S/C4H7NO3/c6-2-1-5-3-4(7)8/h2,5H,1,3H2,(H,7,8). The summed E-state index contributed by atoms with van der Waals surface area (Å²) in [6.07, 6.45) is 0.614. The highest BCUT2D eigenvalue weighted by Gasteiger charge is 1.90. The Bertz CT molecular complexity index is 91.3. The molecule has 0 aromatic carbocycles. The summed E-state index contributed by atoms with van der Waals surface area (Å²) >= 11 is 0. The Morgan fingerprint density at radius 1 is 1.75 bits per heavy atom. The highest BCUT2D eigenvalue weighted by Crippen LogP contribution is 1.55. The van der Waals surface area contributed by atoms with Gasteiger partial charge < -0.3 is 15.2 Å². The SMILES string of the molecule is O=CCNCC(=O)O. The van der Waals surface area contributed by atoms with Crippen molar-refractivity contribution in [2.45, 2.75) is 0 Å². The maximum Gasteiger partial charge on any atom is 0.317 e. The van der Waals surface area contributed by atoms with Crippen LogP contribution in [-0.4, -0.2) is 30.5 Å². The summed E-state index contributed by atoms with van der Waals surface area (Å²) in [6.45, 7) is -0.0506. The topological polar surface area (TPSA) is 66.4 Å². The fourth-order valence-electron chi connectivity index (χ4n) is 0.238. The fourth-order valence-corrected chi connectivity index (χ4v) is 0.238. The molecule has 0 saturated carbocycles. The van der Waals surface area contributed by atoms with E-state index in [1.54, 1.807) is 0 Å². The molecule has 4 heteroatoms. The lowest BCUT2D eigenvalue weighted by Crippen LogP contribution is -2.23. The van der Waals surface area contributed by atoms with E-state index >= 15 is 0 Å². The van der Waals surface area contributed by atoms with Gasteiger partial charge >= 0.3 is 5.97 Å². The molecule has 0 fully saturated rings. The average molecular weight is 117 g/mol. The van der Waals surface area contributed by atoms with Crippen molar-refractivity contribution < 1.29 is 14.7 Å². The van der Waals surface area contributed by atoms with E-state index in [9.17, 15) is 9.59 Å². The number of carboxylic acid groups (broad SMARTS) is 1. The van der Waals surface area contributed by atoms with Crippen LogP contribution in [0.3, 0.4) is 0 Å². The van der Waals surface area contributed by atoms with Gasteiger partial charge in [0.25, 0.3) is 0 Å². The summed E-state index contributed by atoms with van der Waals surface area (Å²) in [5.41, 5.74) is 0. The third kappa shape index (κ3) is 5.10. The van der Waals surface area contributed by atoms with Gasteiger partial charge in [0.2, 0.25) is 0 Å². The van der Waals surface area contributed by atoms with E-state index in [0.717, 1.165) is 0 Å². The van der Waals surface area contributed by atoms with Crippen molar-refractivity contribution in [3.8, 4) is 0 Å². The maximum absolute atomic E-state index is 9.70. The van der Waals surface area contributed by atoms with E-state index in [1.807, 2.05) is 0 Å². The molecule has 0 spiro atoms. The molecular formula is C4H7NO3. The van der Waals surface area contributed by atoms with Gasteiger partial charge in [-0.3, -0.25) is 4.79 Å². The third-order valence-electron chi connectivity index (χ3n) is 0.504. The molecule has 46 valence electrons. The first-order valence-electron chi connectivity index (χ1n) is 2.13. The first-order chi connectivity index (χ1) is 3.77. The monoisotopic (exact) mass is 117 g/mol. The number of rotatable bonds is 4. The Morgan fingerprint density at radius 2 is 2.38 bits per heavy atom. The molecule has 0 saturated heterocycles. The number of nitrogens with one attached hydrogen (secondary N) is 1. The minimum atomic E-state index is -0.952. The van der Waals surface area contributed by atoms with E-state index in [-0.39, 0.29) is 13.1 Å². The van der Waals surface area contributed by atoms with Crippen LogP contribution in [0.2, 0.25) is 0 Å². The Balaban J connectivity index is 2.93. The zero-order valence-corrected chi connectivity index (χ0v) is 4.26. The fraction of sp³-hybridized carbons (Fsp3) is 0.500. The van der Waals surface area contributed by atoms with Crippen LogP contribution >= 0.6 is 0 Å². The minimum Gasteiger partial charge on any atom is -0.480 e. The molecule has 2 N–H and O–H groups in total. The smallest absolute Gasteiger partial charge is 0.317 e. The lowest BCUT2D eigenvalue weighted by Gasteiger charge is -1.89. The van der Waals surface area contributed by atoms with Crippen molar-refractivity contribution in [1.82, 2.24) is 5.32 Å². The molecule has 0 aromatic rings. The highest BCUT2D eigenvalue weighted by atomic mass is 16.4. The predicted octanol–water partition coefficient (Wildman–Crippen LogP) is -1.14. The zero-order chi connectivity index (χ0) is 6.41. The normalized spacial score (nSPS) is 8.50. The van der Waals surface area contributed by atoms with Gasteiger partial charge in [-0.1, -0.05) is 0 Å². The van der Waals surface area contributed by atoms with Gasteiger partial charge in [-0.25, -0.2) is 0 Å². The van der Waals surface area contributed by atoms with Gasteiger partial charge in [-0.05, 0) is 0 Å². The Morgan fingerprint density at radius 3 is 2.75 bits per heavy atom. The lowest BCUT2D eigenvalue weighted by molar-refractivity contribution is -0.135. The average Bonchev–Trinajstić information content (AvgIpc) is 1.66. The van der Waals surface area contributed by atoms with Crippen LogP contribution < -0.4 is 5.32 Å². The second-order valence-electron chi connectivity index (χ2n) is 1.19. The summed E-state index contributed by atoms with van der Waals surface area (Å²) < 4.78 is 0. The molecule has 0 unspecified atom stereocenters. The first kappa shape index (κ1) is 7.10. The number of aldehydes is 1. The minimum absolute atomic E-state index is 0.103. The number of carboxylic acids is 1. The molecule has 0 aliphatic heterocycles. The number of carbonyl (C=O) groups excluding carboxylic acids is 1. The number of aliphatic carboxylic acids is 1. The molecular weight excluding hydrogens is 110 g/mol.